The van der Waals surface area contributed by atoms with Crippen molar-refractivity contribution in [2.24, 2.45) is 5.92 Å². The molecule has 1 fully saturated rings. The Labute approximate surface area is 163 Å². The van der Waals surface area contributed by atoms with Crippen LogP contribution in [0.3, 0.4) is 0 Å². The van der Waals surface area contributed by atoms with Crippen LogP contribution in [0.1, 0.15) is 49.8 Å². The first-order valence-electron chi connectivity index (χ1n) is 9.79. The van der Waals surface area contributed by atoms with Crippen molar-refractivity contribution >= 4 is 5.57 Å². The summed E-state index contributed by atoms with van der Waals surface area (Å²) < 4.78 is 48.8. The minimum absolute atomic E-state index is 0.0640. The van der Waals surface area contributed by atoms with E-state index in [4.69, 9.17) is 4.74 Å². The minimum atomic E-state index is -0.941. The van der Waals surface area contributed by atoms with Crippen molar-refractivity contribution in [2.75, 3.05) is 6.61 Å². The number of halogens is 3. The third kappa shape index (κ3) is 3.79. The Morgan fingerprint density at radius 2 is 1.61 bits per heavy atom. The fourth-order valence-corrected chi connectivity index (χ4v) is 3.87. The third-order valence-corrected chi connectivity index (χ3v) is 5.55. The highest BCUT2D eigenvalue weighted by Crippen LogP contribution is 2.35. The van der Waals surface area contributed by atoms with Gasteiger partial charge >= 0.3 is 0 Å². The molecule has 2 atom stereocenters. The van der Waals surface area contributed by atoms with Crippen molar-refractivity contribution < 1.29 is 17.9 Å². The largest absolute Gasteiger partial charge is 0.373 e. The molecule has 1 saturated heterocycles. The molecule has 2 aromatic rings. The highest BCUT2D eigenvalue weighted by molar-refractivity contribution is 5.78. The molecule has 2 aromatic carbocycles. The minimum Gasteiger partial charge on any atom is -0.373 e. The van der Waals surface area contributed by atoms with Crippen LogP contribution in [0.15, 0.2) is 54.4 Å². The molecule has 0 spiro atoms. The fourth-order valence-electron chi connectivity index (χ4n) is 3.87. The molecule has 2 unspecified atom stereocenters. The van der Waals surface area contributed by atoms with Gasteiger partial charge in [0.1, 0.15) is 5.83 Å². The van der Waals surface area contributed by atoms with Gasteiger partial charge in [0, 0.05) is 24.2 Å². The SMILES string of the molecule is CC1CCC(c2ccc(-c3ccc(C4=CCCC(F)=C4)c(F)c3F)cc2)OC1. The van der Waals surface area contributed by atoms with E-state index in [0.29, 0.717) is 29.9 Å². The lowest BCUT2D eigenvalue weighted by atomic mass is 9.93. The van der Waals surface area contributed by atoms with Crippen LogP contribution in [-0.2, 0) is 4.74 Å². The van der Waals surface area contributed by atoms with E-state index in [0.717, 1.165) is 25.0 Å². The molecule has 0 bridgehead atoms. The van der Waals surface area contributed by atoms with Crippen molar-refractivity contribution in [1.29, 1.82) is 0 Å². The summed E-state index contributed by atoms with van der Waals surface area (Å²) in [7, 11) is 0. The van der Waals surface area contributed by atoms with E-state index in [2.05, 4.69) is 6.92 Å². The molecule has 4 heteroatoms. The van der Waals surface area contributed by atoms with Crippen LogP contribution in [-0.4, -0.2) is 6.61 Å². The normalized spacial score (nSPS) is 22.6. The monoisotopic (exact) mass is 384 g/mol. The molecule has 0 aromatic heterocycles. The van der Waals surface area contributed by atoms with Gasteiger partial charge in [-0.2, -0.15) is 0 Å². The quantitative estimate of drug-likeness (QED) is 0.546. The first kappa shape index (κ1) is 19.0. The Morgan fingerprint density at radius 3 is 2.29 bits per heavy atom. The summed E-state index contributed by atoms with van der Waals surface area (Å²) in [6.07, 6.45) is 5.97. The zero-order chi connectivity index (χ0) is 19.7. The van der Waals surface area contributed by atoms with Gasteiger partial charge in [0.05, 0.1) is 6.10 Å². The molecule has 0 amide bonds. The molecule has 146 valence electrons. The molecular formula is C24H23F3O. The lowest BCUT2D eigenvalue weighted by molar-refractivity contribution is -0.0123. The summed E-state index contributed by atoms with van der Waals surface area (Å²) in [5.74, 6) is -1.58. The summed E-state index contributed by atoms with van der Waals surface area (Å²) in [6, 6.07) is 10.5. The van der Waals surface area contributed by atoms with Gasteiger partial charge in [0.25, 0.3) is 0 Å². The Kier molecular flexibility index (Phi) is 5.40. The molecule has 4 rings (SSSR count). The number of benzene rings is 2. The van der Waals surface area contributed by atoms with Crippen LogP contribution in [0, 0.1) is 17.6 Å². The topological polar surface area (TPSA) is 9.23 Å². The summed E-state index contributed by atoms with van der Waals surface area (Å²) in [6.45, 7) is 2.92. The Balaban J connectivity index is 1.59. The highest BCUT2D eigenvalue weighted by atomic mass is 19.2. The van der Waals surface area contributed by atoms with Crippen LogP contribution in [0.2, 0.25) is 0 Å². The Hall–Kier alpha value is -2.33. The number of hydrogen-bond donors (Lipinski definition) is 0. The second-order valence-electron chi connectivity index (χ2n) is 7.70. The van der Waals surface area contributed by atoms with Crippen molar-refractivity contribution in [1.82, 2.24) is 0 Å². The number of allylic oxidation sites excluding steroid dienone is 4. The third-order valence-electron chi connectivity index (χ3n) is 5.55. The molecular weight excluding hydrogens is 361 g/mol. The van der Waals surface area contributed by atoms with Crippen LogP contribution in [0.25, 0.3) is 16.7 Å². The second-order valence-corrected chi connectivity index (χ2v) is 7.70. The summed E-state index contributed by atoms with van der Waals surface area (Å²) in [5.41, 5.74) is 2.35. The molecule has 0 saturated carbocycles. The Bertz CT molecular complexity index is 920. The summed E-state index contributed by atoms with van der Waals surface area (Å²) >= 11 is 0. The molecule has 28 heavy (non-hydrogen) atoms. The fraction of sp³-hybridized carbons (Fsp3) is 0.333. The molecule has 1 nitrogen and oxygen atoms in total. The van der Waals surface area contributed by atoms with E-state index in [1.165, 1.54) is 12.1 Å². The number of hydrogen-bond acceptors (Lipinski definition) is 1. The van der Waals surface area contributed by atoms with Crippen molar-refractivity contribution in [2.45, 2.75) is 38.7 Å². The standard InChI is InChI=1S/C24H23F3O/c1-15-5-12-22(28-14-15)17-8-6-16(7-9-17)20-10-11-21(24(27)23(20)26)18-3-2-4-19(25)13-18/h3,6-11,13,15,22H,2,4-5,12,14H2,1H3. The van der Waals surface area contributed by atoms with Gasteiger partial charge in [-0.05, 0) is 48.0 Å². The van der Waals surface area contributed by atoms with E-state index in [-0.39, 0.29) is 23.1 Å². The van der Waals surface area contributed by atoms with Gasteiger partial charge in [0.15, 0.2) is 11.6 Å². The van der Waals surface area contributed by atoms with Gasteiger partial charge in [-0.15, -0.1) is 0 Å². The lowest BCUT2D eigenvalue weighted by Crippen LogP contribution is -2.18. The van der Waals surface area contributed by atoms with Crippen molar-refractivity contribution in [3.05, 3.63) is 77.1 Å². The Morgan fingerprint density at radius 1 is 0.893 bits per heavy atom. The second kappa shape index (κ2) is 7.96. The maximum absolute atomic E-state index is 14.8. The smallest absolute Gasteiger partial charge is 0.167 e. The average Bonchev–Trinajstić information content (AvgIpc) is 2.71. The van der Waals surface area contributed by atoms with E-state index >= 15 is 0 Å². The van der Waals surface area contributed by atoms with Gasteiger partial charge < -0.3 is 4.74 Å². The lowest BCUT2D eigenvalue weighted by Gasteiger charge is -2.27. The van der Waals surface area contributed by atoms with E-state index in [1.54, 1.807) is 24.3 Å². The molecule has 1 aliphatic heterocycles. The summed E-state index contributed by atoms with van der Waals surface area (Å²) in [5, 5.41) is 0. The first-order valence-corrected chi connectivity index (χ1v) is 9.79. The van der Waals surface area contributed by atoms with Gasteiger partial charge in [0.2, 0.25) is 0 Å². The van der Waals surface area contributed by atoms with E-state index < -0.39 is 11.6 Å². The van der Waals surface area contributed by atoms with Gasteiger partial charge in [-0.3, -0.25) is 0 Å². The van der Waals surface area contributed by atoms with Crippen molar-refractivity contribution in [3.63, 3.8) is 0 Å². The zero-order valence-corrected chi connectivity index (χ0v) is 15.9. The van der Waals surface area contributed by atoms with Crippen LogP contribution in [0.5, 0.6) is 0 Å². The molecule has 0 N–H and O–H groups in total. The first-order chi connectivity index (χ1) is 13.5. The van der Waals surface area contributed by atoms with E-state index in [1.807, 2.05) is 12.1 Å². The average molecular weight is 384 g/mol. The predicted octanol–water partition coefficient (Wildman–Crippen LogP) is 7.15. The van der Waals surface area contributed by atoms with Crippen LogP contribution < -0.4 is 0 Å². The van der Waals surface area contributed by atoms with Crippen LogP contribution >= 0.6 is 0 Å². The number of ether oxygens (including phenoxy) is 1. The zero-order valence-electron chi connectivity index (χ0n) is 15.9. The highest BCUT2D eigenvalue weighted by Gasteiger charge is 2.21. The van der Waals surface area contributed by atoms with Gasteiger partial charge in [-0.25, -0.2) is 13.2 Å². The van der Waals surface area contributed by atoms with E-state index in [9.17, 15) is 13.2 Å². The van der Waals surface area contributed by atoms with Crippen LogP contribution in [0.4, 0.5) is 13.2 Å². The molecule has 1 aliphatic carbocycles. The molecule has 0 radical (unpaired) electrons. The maximum Gasteiger partial charge on any atom is 0.167 e. The predicted molar refractivity (Wildman–Crippen MR) is 105 cm³/mol. The molecule has 2 aliphatic rings. The molecule has 1 heterocycles. The van der Waals surface area contributed by atoms with Crippen molar-refractivity contribution in [3.8, 4) is 11.1 Å². The summed E-state index contributed by atoms with van der Waals surface area (Å²) in [4.78, 5) is 0. The maximum atomic E-state index is 14.8. The number of rotatable bonds is 3. The van der Waals surface area contributed by atoms with Gasteiger partial charge in [-0.1, -0.05) is 49.4 Å².